The van der Waals surface area contributed by atoms with Gasteiger partial charge in [0, 0.05) is 18.7 Å². The Hall–Kier alpha value is -3.32. The summed E-state index contributed by atoms with van der Waals surface area (Å²) in [5.41, 5.74) is 4.74. The first kappa shape index (κ1) is 19.6. The van der Waals surface area contributed by atoms with Gasteiger partial charge in [-0.25, -0.2) is 14.4 Å². The summed E-state index contributed by atoms with van der Waals surface area (Å²) in [5, 5.41) is 6.67. The number of anilines is 1. The highest BCUT2D eigenvalue weighted by molar-refractivity contribution is 5.78. The second-order valence-corrected chi connectivity index (χ2v) is 8.11. The number of benzene rings is 2. The van der Waals surface area contributed by atoms with Gasteiger partial charge in [-0.05, 0) is 55.6 Å². The molecule has 1 atom stereocenters. The smallest absolute Gasteiger partial charge is 0.225 e. The summed E-state index contributed by atoms with van der Waals surface area (Å²) in [5.74, 6) is 1.73. The van der Waals surface area contributed by atoms with E-state index in [-0.39, 0.29) is 5.82 Å². The number of imidazole rings is 1. The number of nitrogens with one attached hydrogen (secondary N) is 2. The standard InChI is InChI=1S/C24H25FN6/c1-16-5-2-3-8-20(16)22-29-21-14-28-24(27-13-17-6-4-7-19(25)11-17)30-23(21)31(22)15-18-9-10-26-12-18/h2-8,11,14,18,26H,9-10,12-13,15H2,1H3,(H,27,28,30)/t18-/m0/s1. The highest BCUT2D eigenvalue weighted by Crippen LogP contribution is 2.28. The number of hydrogen-bond acceptors (Lipinski definition) is 5. The number of aromatic nitrogens is 4. The van der Waals surface area contributed by atoms with E-state index in [9.17, 15) is 4.39 Å². The Labute approximate surface area is 180 Å². The molecule has 0 radical (unpaired) electrons. The van der Waals surface area contributed by atoms with Crippen molar-refractivity contribution in [1.29, 1.82) is 0 Å². The molecule has 1 fully saturated rings. The minimum Gasteiger partial charge on any atom is -0.350 e. The molecule has 5 rings (SSSR count). The van der Waals surface area contributed by atoms with Crippen LogP contribution in [-0.2, 0) is 13.1 Å². The normalized spacial score (nSPS) is 16.1. The maximum Gasteiger partial charge on any atom is 0.225 e. The summed E-state index contributed by atoms with van der Waals surface area (Å²) in [6, 6.07) is 14.8. The molecule has 1 aliphatic heterocycles. The second-order valence-electron chi connectivity index (χ2n) is 8.11. The van der Waals surface area contributed by atoms with E-state index < -0.39 is 0 Å². The molecule has 2 N–H and O–H groups in total. The Morgan fingerprint density at radius 2 is 2.06 bits per heavy atom. The van der Waals surface area contributed by atoms with Crippen LogP contribution in [-0.4, -0.2) is 32.6 Å². The van der Waals surface area contributed by atoms with Crippen molar-refractivity contribution in [2.75, 3.05) is 18.4 Å². The molecule has 0 amide bonds. The average molecular weight is 417 g/mol. The highest BCUT2D eigenvalue weighted by atomic mass is 19.1. The van der Waals surface area contributed by atoms with Crippen molar-refractivity contribution in [3.8, 4) is 11.4 Å². The van der Waals surface area contributed by atoms with Crippen molar-refractivity contribution in [3.63, 3.8) is 0 Å². The number of halogens is 1. The first-order valence-electron chi connectivity index (χ1n) is 10.7. The van der Waals surface area contributed by atoms with Crippen LogP contribution in [0.2, 0.25) is 0 Å². The quantitative estimate of drug-likeness (QED) is 0.494. The third-order valence-corrected chi connectivity index (χ3v) is 5.82. The lowest BCUT2D eigenvalue weighted by molar-refractivity contribution is 0.490. The summed E-state index contributed by atoms with van der Waals surface area (Å²) >= 11 is 0. The number of aryl methyl sites for hydroxylation is 1. The second kappa shape index (κ2) is 8.43. The van der Waals surface area contributed by atoms with Gasteiger partial charge in [0.1, 0.15) is 17.2 Å². The van der Waals surface area contributed by atoms with Crippen LogP contribution in [0.25, 0.3) is 22.6 Å². The van der Waals surface area contributed by atoms with Crippen LogP contribution in [0.15, 0.2) is 54.7 Å². The molecular weight excluding hydrogens is 391 g/mol. The van der Waals surface area contributed by atoms with Crippen LogP contribution in [0, 0.1) is 18.7 Å². The lowest BCUT2D eigenvalue weighted by Crippen LogP contribution is -2.16. The van der Waals surface area contributed by atoms with Gasteiger partial charge in [-0.3, -0.25) is 0 Å². The van der Waals surface area contributed by atoms with Gasteiger partial charge in [-0.15, -0.1) is 0 Å². The maximum absolute atomic E-state index is 13.5. The molecule has 0 aliphatic carbocycles. The predicted octanol–water partition coefficient (Wildman–Crippen LogP) is 4.16. The van der Waals surface area contributed by atoms with Gasteiger partial charge in [0.2, 0.25) is 5.95 Å². The zero-order chi connectivity index (χ0) is 21.2. The first-order chi connectivity index (χ1) is 15.2. The monoisotopic (exact) mass is 416 g/mol. The molecule has 31 heavy (non-hydrogen) atoms. The van der Waals surface area contributed by atoms with Crippen molar-refractivity contribution in [2.24, 2.45) is 5.92 Å². The van der Waals surface area contributed by atoms with E-state index in [0.29, 0.717) is 18.4 Å². The highest BCUT2D eigenvalue weighted by Gasteiger charge is 2.21. The number of rotatable bonds is 6. The fraction of sp³-hybridized carbons (Fsp3) is 0.292. The molecular formula is C24H25FN6. The molecule has 1 saturated heterocycles. The summed E-state index contributed by atoms with van der Waals surface area (Å²) in [7, 11) is 0. The Morgan fingerprint density at radius 3 is 2.87 bits per heavy atom. The van der Waals surface area contributed by atoms with Crippen LogP contribution >= 0.6 is 0 Å². The largest absolute Gasteiger partial charge is 0.350 e. The van der Waals surface area contributed by atoms with Crippen LogP contribution < -0.4 is 10.6 Å². The fourth-order valence-electron chi connectivity index (χ4n) is 4.16. The lowest BCUT2D eigenvalue weighted by atomic mass is 10.1. The van der Waals surface area contributed by atoms with Gasteiger partial charge in [0.15, 0.2) is 5.65 Å². The molecule has 0 saturated carbocycles. The van der Waals surface area contributed by atoms with Crippen molar-refractivity contribution >= 4 is 17.1 Å². The molecule has 3 heterocycles. The van der Waals surface area contributed by atoms with E-state index in [1.807, 2.05) is 18.2 Å². The van der Waals surface area contributed by atoms with E-state index in [0.717, 1.165) is 54.2 Å². The lowest BCUT2D eigenvalue weighted by Gasteiger charge is -2.14. The third kappa shape index (κ3) is 4.14. The Bertz CT molecular complexity index is 1210. The van der Waals surface area contributed by atoms with Crippen molar-refractivity contribution < 1.29 is 4.39 Å². The zero-order valence-electron chi connectivity index (χ0n) is 17.5. The Balaban J connectivity index is 1.52. The molecule has 158 valence electrons. The van der Waals surface area contributed by atoms with Gasteiger partial charge in [-0.2, -0.15) is 4.98 Å². The summed E-state index contributed by atoms with van der Waals surface area (Å²) in [6.45, 7) is 5.46. The molecule has 0 bridgehead atoms. The van der Waals surface area contributed by atoms with Gasteiger partial charge in [0.05, 0.1) is 6.20 Å². The third-order valence-electron chi connectivity index (χ3n) is 5.82. The Kier molecular flexibility index (Phi) is 5.34. The molecule has 1 aliphatic rings. The average Bonchev–Trinajstić information content (AvgIpc) is 3.41. The number of hydrogen-bond donors (Lipinski definition) is 2. The van der Waals surface area contributed by atoms with E-state index in [1.54, 1.807) is 12.3 Å². The molecule has 0 unspecified atom stereocenters. The molecule has 7 heteroatoms. The number of nitrogens with zero attached hydrogens (tertiary/aromatic N) is 4. The van der Waals surface area contributed by atoms with Crippen molar-refractivity contribution in [1.82, 2.24) is 24.8 Å². The first-order valence-corrected chi connectivity index (χ1v) is 10.7. The predicted molar refractivity (Wildman–Crippen MR) is 120 cm³/mol. The number of fused-ring (bicyclic) bond motifs is 1. The Morgan fingerprint density at radius 1 is 1.16 bits per heavy atom. The van der Waals surface area contributed by atoms with Crippen LogP contribution in [0.5, 0.6) is 0 Å². The molecule has 0 spiro atoms. The van der Waals surface area contributed by atoms with Gasteiger partial charge < -0.3 is 15.2 Å². The summed E-state index contributed by atoms with van der Waals surface area (Å²) in [4.78, 5) is 14.1. The van der Waals surface area contributed by atoms with Gasteiger partial charge in [0.25, 0.3) is 0 Å². The minimum atomic E-state index is -0.248. The van der Waals surface area contributed by atoms with Gasteiger partial charge in [-0.1, -0.05) is 36.4 Å². The van der Waals surface area contributed by atoms with Crippen LogP contribution in [0.3, 0.4) is 0 Å². The topological polar surface area (TPSA) is 67.7 Å². The van der Waals surface area contributed by atoms with Crippen LogP contribution in [0.1, 0.15) is 17.5 Å². The summed E-state index contributed by atoms with van der Waals surface area (Å²) < 4.78 is 15.7. The molecule has 4 aromatic rings. The maximum atomic E-state index is 13.5. The van der Waals surface area contributed by atoms with E-state index in [4.69, 9.17) is 9.97 Å². The van der Waals surface area contributed by atoms with Crippen molar-refractivity contribution in [3.05, 3.63) is 71.7 Å². The van der Waals surface area contributed by atoms with E-state index in [2.05, 4.69) is 39.2 Å². The fourth-order valence-corrected chi connectivity index (χ4v) is 4.16. The SMILES string of the molecule is Cc1ccccc1-c1nc2cnc(NCc3cccc(F)c3)nc2n1C[C@H]1CCNC1. The molecule has 6 nitrogen and oxygen atoms in total. The van der Waals surface area contributed by atoms with Gasteiger partial charge >= 0.3 is 0 Å². The summed E-state index contributed by atoms with van der Waals surface area (Å²) in [6.07, 6.45) is 2.91. The minimum absolute atomic E-state index is 0.248. The van der Waals surface area contributed by atoms with E-state index >= 15 is 0 Å². The zero-order valence-corrected chi connectivity index (χ0v) is 17.5. The molecule has 2 aromatic heterocycles. The molecule has 2 aromatic carbocycles. The van der Waals surface area contributed by atoms with Crippen molar-refractivity contribution in [2.45, 2.75) is 26.4 Å². The van der Waals surface area contributed by atoms with E-state index in [1.165, 1.54) is 17.7 Å². The van der Waals surface area contributed by atoms with Crippen LogP contribution in [0.4, 0.5) is 10.3 Å².